The molecule has 2 rings (SSSR count). The molecule has 0 aromatic carbocycles. The van der Waals surface area contributed by atoms with E-state index in [1.54, 1.807) is 4.57 Å². The van der Waals surface area contributed by atoms with Gasteiger partial charge in [0, 0.05) is 11.5 Å². The van der Waals surface area contributed by atoms with E-state index in [4.69, 9.17) is 0 Å². The molecule has 6 nitrogen and oxygen atoms in total. The second-order valence-electron chi connectivity index (χ2n) is 5.43. The summed E-state index contributed by atoms with van der Waals surface area (Å²) in [6.45, 7) is 9.96. The van der Waals surface area contributed by atoms with E-state index in [0.29, 0.717) is 11.2 Å². The van der Waals surface area contributed by atoms with Crippen molar-refractivity contribution in [3.05, 3.63) is 16.2 Å². The maximum Gasteiger partial charge on any atom is 0.284 e. The van der Waals surface area contributed by atoms with Gasteiger partial charge in [0.15, 0.2) is 5.52 Å². The lowest BCUT2D eigenvalue weighted by Crippen LogP contribution is -2.37. The van der Waals surface area contributed by atoms with E-state index in [1.165, 1.54) is 0 Å². The Hall–Kier alpha value is -1.72. The zero-order chi connectivity index (χ0) is 12.8. The van der Waals surface area contributed by atoms with Crippen molar-refractivity contribution in [1.29, 1.82) is 0 Å². The minimum Gasteiger partial charge on any atom is -0.289 e. The van der Waals surface area contributed by atoms with Gasteiger partial charge < -0.3 is 0 Å². The molecule has 92 valence electrons. The SMILES string of the molecule is CC(C)c1nc2n[nH]nc2c(=O)n1C(C)(C)C. The van der Waals surface area contributed by atoms with Crippen molar-refractivity contribution >= 4 is 11.2 Å². The molecule has 6 heteroatoms. The molecule has 0 fully saturated rings. The minimum absolute atomic E-state index is 0.139. The van der Waals surface area contributed by atoms with Crippen molar-refractivity contribution < 1.29 is 0 Å². The number of aromatic amines is 1. The van der Waals surface area contributed by atoms with E-state index in [2.05, 4.69) is 20.4 Å². The van der Waals surface area contributed by atoms with Gasteiger partial charge in [-0.2, -0.15) is 5.21 Å². The maximum atomic E-state index is 12.4. The molecular weight excluding hydrogens is 218 g/mol. The van der Waals surface area contributed by atoms with Crippen LogP contribution in [-0.2, 0) is 5.54 Å². The van der Waals surface area contributed by atoms with Crippen LogP contribution in [0.1, 0.15) is 46.4 Å². The van der Waals surface area contributed by atoms with Gasteiger partial charge in [0.2, 0.25) is 5.65 Å². The molecule has 0 aliphatic heterocycles. The van der Waals surface area contributed by atoms with Gasteiger partial charge in [0.05, 0.1) is 0 Å². The summed E-state index contributed by atoms with van der Waals surface area (Å²) in [7, 11) is 0. The molecule has 0 amide bonds. The van der Waals surface area contributed by atoms with Crippen LogP contribution in [-0.4, -0.2) is 25.0 Å². The fraction of sp³-hybridized carbons (Fsp3) is 0.636. The molecule has 0 spiro atoms. The molecule has 2 aromatic heterocycles. The summed E-state index contributed by atoms with van der Waals surface area (Å²) in [5.41, 5.74) is 0.222. The van der Waals surface area contributed by atoms with Crippen LogP contribution in [0.25, 0.3) is 11.2 Å². The van der Waals surface area contributed by atoms with E-state index in [9.17, 15) is 4.79 Å². The van der Waals surface area contributed by atoms with Crippen molar-refractivity contribution in [2.75, 3.05) is 0 Å². The van der Waals surface area contributed by atoms with Gasteiger partial charge in [-0.15, -0.1) is 10.2 Å². The normalized spacial score (nSPS) is 12.6. The molecule has 0 atom stereocenters. The quantitative estimate of drug-likeness (QED) is 0.810. The molecule has 1 N–H and O–H groups in total. The summed E-state index contributed by atoms with van der Waals surface area (Å²) in [5, 5.41) is 10.2. The van der Waals surface area contributed by atoms with Gasteiger partial charge in [-0.25, -0.2) is 4.98 Å². The molecule has 0 radical (unpaired) electrons. The van der Waals surface area contributed by atoms with E-state index >= 15 is 0 Å². The van der Waals surface area contributed by atoms with Crippen LogP contribution >= 0.6 is 0 Å². The zero-order valence-corrected chi connectivity index (χ0v) is 10.8. The third kappa shape index (κ3) is 1.83. The summed E-state index contributed by atoms with van der Waals surface area (Å²) in [4.78, 5) is 16.8. The third-order valence-electron chi connectivity index (χ3n) is 2.57. The van der Waals surface area contributed by atoms with Crippen LogP contribution in [0.3, 0.4) is 0 Å². The van der Waals surface area contributed by atoms with E-state index in [-0.39, 0.29) is 17.0 Å². The van der Waals surface area contributed by atoms with Crippen LogP contribution < -0.4 is 5.56 Å². The second kappa shape index (κ2) is 3.65. The van der Waals surface area contributed by atoms with Gasteiger partial charge in [0.1, 0.15) is 5.82 Å². The molecular formula is C11H17N5O. The van der Waals surface area contributed by atoms with Crippen molar-refractivity contribution in [2.45, 2.75) is 46.1 Å². The average Bonchev–Trinajstić information content (AvgIpc) is 2.63. The second-order valence-corrected chi connectivity index (χ2v) is 5.43. The highest BCUT2D eigenvalue weighted by Gasteiger charge is 2.24. The molecule has 0 aliphatic carbocycles. The zero-order valence-electron chi connectivity index (χ0n) is 10.8. The van der Waals surface area contributed by atoms with Crippen LogP contribution in [0.2, 0.25) is 0 Å². The Morgan fingerprint density at radius 2 is 1.88 bits per heavy atom. The molecule has 0 bridgehead atoms. The van der Waals surface area contributed by atoms with Crippen LogP contribution in [0.5, 0.6) is 0 Å². The molecule has 17 heavy (non-hydrogen) atoms. The number of fused-ring (bicyclic) bond motifs is 1. The van der Waals surface area contributed by atoms with E-state index in [0.717, 1.165) is 5.82 Å². The Labute approximate surface area is 99.1 Å². The topological polar surface area (TPSA) is 76.5 Å². The molecule has 0 saturated heterocycles. The Morgan fingerprint density at radius 1 is 1.24 bits per heavy atom. The molecule has 0 saturated carbocycles. The number of hydrogen-bond donors (Lipinski definition) is 1. The predicted molar refractivity (Wildman–Crippen MR) is 65.0 cm³/mol. The lowest BCUT2D eigenvalue weighted by Gasteiger charge is -2.26. The van der Waals surface area contributed by atoms with E-state index < -0.39 is 0 Å². The minimum atomic E-state index is -0.323. The molecule has 0 aliphatic rings. The first-order valence-electron chi connectivity index (χ1n) is 5.66. The molecule has 2 heterocycles. The van der Waals surface area contributed by atoms with Crippen LogP contribution in [0, 0.1) is 0 Å². The van der Waals surface area contributed by atoms with Gasteiger partial charge in [-0.1, -0.05) is 13.8 Å². The number of H-pyrrole nitrogens is 1. The van der Waals surface area contributed by atoms with Crippen molar-refractivity contribution in [3.8, 4) is 0 Å². The van der Waals surface area contributed by atoms with Gasteiger partial charge in [0.25, 0.3) is 5.56 Å². The van der Waals surface area contributed by atoms with Gasteiger partial charge in [-0.05, 0) is 20.8 Å². The smallest absolute Gasteiger partial charge is 0.284 e. The number of rotatable bonds is 1. The highest BCUT2D eigenvalue weighted by molar-refractivity contribution is 5.67. The summed E-state index contributed by atoms with van der Waals surface area (Å²) in [6.07, 6.45) is 0. The van der Waals surface area contributed by atoms with Crippen molar-refractivity contribution in [1.82, 2.24) is 25.0 Å². The van der Waals surface area contributed by atoms with Gasteiger partial charge >= 0.3 is 0 Å². The fourth-order valence-corrected chi connectivity index (χ4v) is 1.85. The highest BCUT2D eigenvalue weighted by atomic mass is 16.1. The number of nitrogens with one attached hydrogen (secondary N) is 1. The first kappa shape index (κ1) is 11.8. The third-order valence-corrected chi connectivity index (χ3v) is 2.57. The Kier molecular flexibility index (Phi) is 2.52. The summed E-state index contributed by atoms with van der Waals surface area (Å²) in [6, 6.07) is 0. The van der Waals surface area contributed by atoms with Crippen LogP contribution in [0.15, 0.2) is 4.79 Å². The Balaban J connectivity index is 2.91. The average molecular weight is 235 g/mol. The summed E-state index contributed by atoms with van der Waals surface area (Å²) in [5.74, 6) is 0.895. The highest BCUT2D eigenvalue weighted by Crippen LogP contribution is 2.20. The summed E-state index contributed by atoms with van der Waals surface area (Å²) < 4.78 is 1.70. The lowest BCUT2D eigenvalue weighted by atomic mass is 10.1. The largest absolute Gasteiger partial charge is 0.289 e. The predicted octanol–water partition coefficient (Wildman–Crippen LogP) is 1.39. The van der Waals surface area contributed by atoms with E-state index in [1.807, 2.05) is 34.6 Å². The van der Waals surface area contributed by atoms with Crippen molar-refractivity contribution in [3.63, 3.8) is 0 Å². The first-order chi connectivity index (χ1) is 7.82. The number of aromatic nitrogens is 5. The standard InChI is InChI=1S/C11H17N5O/c1-6(2)9-12-8-7(13-15-14-8)10(17)16(9)11(3,4)5/h6H,1-5H3,(H,13,14,15). The number of hydrogen-bond acceptors (Lipinski definition) is 4. The molecule has 2 aromatic rings. The molecule has 0 unspecified atom stereocenters. The number of nitrogens with zero attached hydrogens (tertiary/aromatic N) is 4. The van der Waals surface area contributed by atoms with Crippen molar-refractivity contribution in [2.24, 2.45) is 0 Å². The Morgan fingerprint density at radius 3 is 2.41 bits per heavy atom. The monoisotopic (exact) mass is 235 g/mol. The fourth-order valence-electron chi connectivity index (χ4n) is 1.85. The first-order valence-corrected chi connectivity index (χ1v) is 5.66. The maximum absolute atomic E-state index is 12.4. The van der Waals surface area contributed by atoms with Crippen LogP contribution in [0.4, 0.5) is 0 Å². The lowest BCUT2D eigenvalue weighted by molar-refractivity contribution is 0.360. The van der Waals surface area contributed by atoms with Gasteiger partial charge in [-0.3, -0.25) is 9.36 Å². The summed E-state index contributed by atoms with van der Waals surface area (Å²) >= 11 is 0. The Bertz CT molecular complexity index is 602.